The van der Waals surface area contributed by atoms with Crippen LogP contribution in [0.4, 0.5) is 0 Å². The molecule has 0 spiro atoms. The maximum atomic E-state index is 9.91. The molecule has 5 heteroatoms. The Hall–Kier alpha value is -3.35. The minimum atomic E-state index is 0.464. The molecule has 0 aromatic heterocycles. The van der Waals surface area contributed by atoms with Crippen LogP contribution in [-0.4, -0.2) is 0 Å². The molecular weight excluding hydrogens is 393 g/mol. The maximum Gasteiger partial charge on any atom is 0.0998 e. The number of benzene rings is 5. The molecule has 3 nitrogen and oxygen atoms in total. The van der Waals surface area contributed by atoms with Gasteiger partial charge in [-0.1, -0.05) is 18.2 Å². The summed E-state index contributed by atoms with van der Waals surface area (Å²) >= 11 is 4.62. The average molecular weight is 405 g/mol. The zero-order chi connectivity index (χ0) is 20.4. The highest BCUT2D eigenvalue weighted by Crippen LogP contribution is 2.45. The van der Waals surface area contributed by atoms with E-state index in [2.05, 4.69) is 46.1 Å². The van der Waals surface area contributed by atoms with E-state index >= 15 is 0 Å². The molecule has 0 bridgehead atoms. The summed E-state index contributed by atoms with van der Waals surface area (Å²) in [5, 5.41) is 37.5. The average Bonchev–Trinajstić information content (AvgIpc) is 2.73. The minimum absolute atomic E-state index is 0.464. The lowest BCUT2D eigenvalue weighted by Gasteiger charge is -2.20. The van der Waals surface area contributed by atoms with Crippen LogP contribution in [0.15, 0.2) is 41.3 Å². The monoisotopic (exact) mass is 405 g/mol. The highest BCUT2D eigenvalue weighted by atomic mass is 32.1. The van der Waals surface area contributed by atoms with Crippen LogP contribution in [0.25, 0.3) is 43.1 Å². The molecule has 0 aliphatic rings. The molecule has 1 atom stereocenters. The molecule has 0 radical (unpaired) electrons. The van der Waals surface area contributed by atoms with Crippen LogP contribution in [0.1, 0.15) is 22.3 Å². The summed E-state index contributed by atoms with van der Waals surface area (Å²) in [6, 6.07) is 18.2. The smallest absolute Gasteiger partial charge is 0.0998 e. The number of thiol groups is 1. The summed E-state index contributed by atoms with van der Waals surface area (Å²) in [6.07, 6.45) is 0. The molecule has 0 aliphatic heterocycles. The molecule has 134 valence electrons. The van der Waals surface area contributed by atoms with E-state index < -0.39 is 0 Å². The summed E-state index contributed by atoms with van der Waals surface area (Å²) in [5.74, 6) is 0. The zero-order valence-electron chi connectivity index (χ0n) is 15.3. The lowest BCUT2D eigenvalue weighted by atomic mass is 9.84. The first-order chi connectivity index (χ1) is 14.0. The van der Waals surface area contributed by atoms with E-state index in [1.54, 1.807) is 6.07 Å². The van der Waals surface area contributed by atoms with E-state index in [1.165, 1.54) is 0 Å². The van der Waals surface area contributed by atoms with Gasteiger partial charge in [0.25, 0.3) is 0 Å². The van der Waals surface area contributed by atoms with Crippen molar-refractivity contribution in [1.82, 2.24) is 0 Å². The van der Waals surface area contributed by atoms with E-state index in [-0.39, 0.29) is 0 Å². The first-order valence-corrected chi connectivity index (χ1v) is 9.93. The second-order valence-electron chi connectivity index (χ2n) is 7.13. The highest BCUT2D eigenvalue weighted by Gasteiger charge is 2.22. The first kappa shape index (κ1) is 17.7. The third kappa shape index (κ3) is 2.15. The zero-order valence-corrected chi connectivity index (χ0v) is 17.4. The molecule has 5 rings (SSSR count). The fraction of sp³-hybridized carbons (Fsp3) is 0.0417. The van der Waals surface area contributed by atoms with Gasteiger partial charge in [-0.3, -0.25) is 0 Å². The molecule has 1 unspecified atom stereocenters. The van der Waals surface area contributed by atoms with Crippen molar-refractivity contribution < 1.29 is 0 Å². The van der Waals surface area contributed by atoms with Crippen molar-refractivity contribution >= 4 is 70.3 Å². The second-order valence-corrected chi connectivity index (χ2v) is 8.24. The Kier molecular flexibility index (Phi) is 3.71. The summed E-state index contributed by atoms with van der Waals surface area (Å²) in [7, 11) is 2.73. The molecule has 0 aliphatic carbocycles. The van der Waals surface area contributed by atoms with Crippen molar-refractivity contribution in [1.29, 1.82) is 15.8 Å². The molecule has 0 N–H and O–H groups in total. The van der Waals surface area contributed by atoms with Gasteiger partial charge in [0.05, 0.1) is 34.9 Å². The van der Waals surface area contributed by atoms with Crippen LogP contribution in [0.2, 0.25) is 0 Å². The van der Waals surface area contributed by atoms with E-state index in [1.807, 2.05) is 31.2 Å². The van der Waals surface area contributed by atoms with Gasteiger partial charge in [-0.15, -0.1) is 21.9 Å². The van der Waals surface area contributed by atoms with Crippen LogP contribution < -0.4 is 5.30 Å². The van der Waals surface area contributed by atoms with Crippen molar-refractivity contribution in [2.24, 2.45) is 0 Å². The van der Waals surface area contributed by atoms with Gasteiger partial charge in [-0.2, -0.15) is 15.8 Å². The number of nitrogens with zero attached hydrogens (tertiary/aromatic N) is 3. The van der Waals surface area contributed by atoms with Gasteiger partial charge in [0.2, 0.25) is 0 Å². The van der Waals surface area contributed by atoms with Crippen molar-refractivity contribution in [3.8, 4) is 18.2 Å². The SMILES string of the molecule is Cc1cc(P)c2c(C#N)cc(C#N)c3c4ccc(S)c5c(C#N)ccc(c1c23)c54. The van der Waals surface area contributed by atoms with Crippen LogP contribution in [0.5, 0.6) is 0 Å². The van der Waals surface area contributed by atoms with E-state index in [9.17, 15) is 15.8 Å². The lowest BCUT2D eigenvalue weighted by Crippen LogP contribution is -2.03. The highest BCUT2D eigenvalue weighted by molar-refractivity contribution is 7.80. The Labute approximate surface area is 174 Å². The van der Waals surface area contributed by atoms with E-state index in [4.69, 9.17) is 0 Å². The second kappa shape index (κ2) is 6.07. The normalized spacial score (nSPS) is 11.2. The van der Waals surface area contributed by atoms with Gasteiger partial charge in [0, 0.05) is 26.4 Å². The van der Waals surface area contributed by atoms with Gasteiger partial charge in [0.1, 0.15) is 0 Å². The quantitative estimate of drug-likeness (QED) is 0.161. The third-order valence-corrected chi connectivity index (χ3v) is 6.50. The van der Waals surface area contributed by atoms with Gasteiger partial charge in [-0.05, 0) is 57.5 Å². The molecule has 5 aromatic rings. The van der Waals surface area contributed by atoms with Crippen molar-refractivity contribution in [2.75, 3.05) is 0 Å². The first-order valence-electron chi connectivity index (χ1n) is 8.91. The largest absolute Gasteiger partial charge is 0.192 e. The number of hydrogen-bond acceptors (Lipinski definition) is 4. The Balaban J connectivity index is 2.32. The molecule has 5 aromatic carbocycles. The summed E-state index contributed by atoms with van der Waals surface area (Å²) in [4.78, 5) is 0.731. The standard InChI is InChI=1S/C24H12N3PS/c1-11-6-17(28)21-14(10-27)7-13(9-26)20-16-4-5-18(29)22-12(8-25)2-3-15(23(16)22)19(11)24(20)21/h2-7,29H,28H2,1H3. The molecular formula is C24H12N3PS. The summed E-state index contributed by atoms with van der Waals surface area (Å²) in [5.41, 5.74) is 2.57. The predicted octanol–water partition coefficient (Wildman–Crippen LogP) is 5.45. The Bertz CT molecular complexity index is 1660. The number of fused-ring (bicyclic) bond motifs is 2. The molecule has 0 saturated heterocycles. The van der Waals surface area contributed by atoms with Crippen LogP contribution in [0, 0.1) is 40.9 Å². The topological polar surface area (TPSA) is 71.4 Å². The van der Waals surface area contributed by atoms with Gasteiger partial charge in [-0.25, -0.2) is 0 Å². The van der Waals surface area contributed by atoms with Gasteiger partial charge < -0.3 is 0 Å². The van der Waals surface area contributed by atoms with Crippen LogP contribution >= 0.6 is 21.9 Å². The Morgan fingerprint density at radius 1 is 0.690 bits per heavy atom. The molecule has 0 saturated carbocycles. The number of aryl methyl sites for hydroxylation is 1. The Morgan fingerprint density at radius 3 is 2.00 bits per heavy atom. The maximum absolute atomic E-state index is 9.91. The fourth-order valence-electron chi connectivity index (χ4n) is 4.60. The van der Waals surface area contributed by atoms with Gasteiger partial charge >= 0.3 is 0 Å². The number of nitriles is 3. The molecule has 0 amide bonds. The lowest BCUT2D eigenvalue weighted by molar-refractivity contribution is 1.48. The van der Waals surface area contributed by atoms with Crippen molar-refractivity contribution in [3.05, 3.63) is 58.7 Å². The van der Waals surface area contributed by atoms with Crippen molar-refractivity contribution in [3.63, 3.8) is 0 Å². The summed E-state index contributed by atoms with van der Waals surface area (Å²) < 4.78 is 0. The van der Waals surface area contributed by atoms with Crippen molar-refractivity contribution in [2.45, 2.75) is 11.8 Å². The van der Waals surface area contributed by atoms with E-state index in [0.717, 1.165) is 58.9 Å². The predicted molar refractivity (Wildman–Crippen MR) is 123 cm³/mol. The van der Waals surface area contributed by atoms with Crippen LogP contribution in [-0.2, 0) is 0 Å². The Morgan fingerprint density at radius 2 is 1.31 bits per heavy atom. The summed E-state index contributed by atoms with van der Waals surface area (Å²) in [6.45, 7) is 2.04. The molecule has 0 heterocycles. The third-order valence-electron chi connectivity index (χ3n) is 5.67. The number of hydrogen-bond donors (Lipinski definition) is 1. The minimum Gasteiger partial charge on any atom is -0.192 e. The molecule has 29 heavy (non-hydrogen) atoms. The molecule has 0 fully saturated rings. The van der Waals surface area contributed by atoms with E-state index in [0.29, 0.717) is 16.7 Å². The van der Waals surface area contributed by atoms with Crippen LogP contribution in [0.3, 0.4) is 0 Å². The fourth-order valence-corrected chi connectivity index (χ4v) is 5.45. The van der Waals surface area contributed by atoms with Gasteiger partial charge in [0.15, 0.2) is 0 Å². The number of rotatable bonds is 0.